The molecule has 1 aliphatic carbocycles. The number of fused-ring (bicyclic) bond motifs is 1. The molecule has 4 rings (SSSR count). The summed E-state index contributed by atoms with van der Waals surface area (Å²) in [5, 5.41) is 4.45. The van der Waals surface area contributed by atoms with E-state index in [0.29, 0.717) is 0 Å². The van der Waals surface area contributed by atoms with Gasteiger partial charge in [0.2, 0.25) is 0 Å². The van der Waals surface area contributed by atoms with Crippen LogP contribution in [0.2, 0.25) is 0 Å². The molecule has 2 heterocycles. The number of aromatic nitrogens is 2. The first-order chi connectivity index (χ1) is 9.17. The standard InChI is InChI=1S/C15H15N3S/c1-18-8-11(10-4-2-3-5-12(10)18)14-17-13(9-19-14)15(16)6-7-15/h2-5,8-9H,6-7,16H2,1H3. The van der Waals surface area contributed by atoms with Gasteiger partial charge in [-0.2, -0.15) is 0 Å². The smallest absolute Gasteiger partial charge is 0.125 e. The summed E-state index contributed by atoms with van der Waals surface area (Å²) in [7, 11) is 2.08. The molecule has 2 N–H and O–H groups in total. The average Bonchev–Trinajstić information content (AvgIpc) is 2.89. The van der Waals surface area contributed by atoms with Crippen LogP contribution in [-0.4, -0.2) is 9.55 Å². The van der Waals surface area contributed by atoms with E-state index in [2.05, 4.69) is 47.5 Å². The van der Waals surface area contributed by atoms with Gasteiger partial charge in [-0.25, -0.2) is 4.98 Å². The van der Waals surface area contributed by atoms with Gasteiger partial charge in [0.1, 0.15) is 5.01 Å². The van der Waals surface area contributed by atoms with Gasteiger partial charge in [-0.15, -0.1) is 11.3 Å². The van der Waals surface area contributed by atoms with E-state index >= 15 is 0 Å². The summed E-state index contributed by atoms with van der Waals surface area (Å²) in [5.74, 6) is 0. The van der Waals surface area contributed by atoms with E-state index in [1.54, 1.807) is 11.3 Å². The number of hydrogen-bond acceptors (Lipinski definition) is 3. The molecule has 0 spiro atoms. The SMILES string of the molecule is Cn1cc(-c2nc(C3(N)CC3)cs2)c2ccccc21. The van der Waals surface area contributed by atoms with Crippen molar-refractivity contribution in [3.05, 3.63) is 41.5 Å². The molecule has 4 heteroatoms. The maximum Gasteiger partial charge on any atom is 0.125 e. The fraction of sp³-hybridized carbons (Fsp3) is 0.267. The van der Waals surface area contributed by atoms with Crippen LogP contribution in [0.3, 0.4) is 0 Å². The number of nitrogens with two attached hydrogens (primary N) is 1. The first-order valence-corrected chi connectivity index (χ1v) is 7.35. The van der Waals surface area contributed by atoms with Gasteiger partial charge in [0.15, 0.2) is 0 Å². The van der Waals surface area contributed by atoms with E-state index in [-0.39, 0.29) is 5.54 Å². The Morgan fingerprint density at radius 2 is 2.11 bits per heavy atom. The number of para-hydroxylation sites is 1. The zero-order chi connectivity index (χ0) is 13.0. The van der Waals surface area contributed by atoms with Crippen molar-refractivity contribution in [2.24, 2.45) is 12.8 Å². The van der Waals surface area contributed by atoms with Crippen LogP contribution in [0.15, 0.2) is 35.8 Å². The van der Waals surface area contributed by atoms with Gasteiger partial charge < -0.3 is 10.3 Å². The lowest BCUT2D eigenvalue weighted by Gasteiger charge is -2.01. The molecule has 2 aromatic heterocycles. The molecule has 1 fully saturated rings. The van der Waals surface area contributed by atoms with Gasteiger partial charge in [-0.05, 0) is 18.9 Å². The zero-order valence-electron chi connectivity index (χ0n) is 10.8. The number of nitrogens with zero attached hydrogens (tertiary/aromatic N) is 2. The Bertz CT molecular complexity index is 765. The van der Waals surface area contributed by atoms with E-state index < -0.39 is 0 Å². The topological polar surface area (TPSA) is 43.8 Å². The highest BCUT2D eigenvalue weighted by Gasteiger charge is 2.42. The van der Waals surface area contributed by atoms with Gasteiger partial charge in [0.25, 0.3) is 0 Å². The maximum absolute atomic E-state index is 6.22. The van der Waals surface area contributed by atoms with Crippen molar-refractivity contribution >= 4 is 22.2 Å². The molecule has 0 unspecified atom stereocenters. The van der Waals surface area contributed by atoms with Crippen LogP contribution in [0.25, 0.3) is 21.5 Å². The molecule has 3 aromatic rings. The first-order valence-electron chi connectivity index (χ1n) is 6.47. The fourth-order valence-electron chi connectivity index (χ4n) is 2.53. The van der Waals surface area contributed by atoms with Gasteiger partial charge in [0.05, 0.1) is 11.2 Å². The second-order valence-corrected chi connectivity index (χ2v) is 6.22. The molecular weight excluding hydrogens is 254 g/mol. The van der Waals surface area contributed by atoms with Crippen LogP contribution in [0.1, 0.15) is 18.5 Å². The van der Waals surface area contributed by atoms with Crippen molar-refractivity contribution in [2.75, 3.05) is 0 Å². The van der Waals surface area contributed by atoms with E-state index in [4.69, 9.17) is 10.7 Å². The zero-order valence-corrected chi connectivity index (χ0v) is 11.6. The molecule has 19 heavy (non-hydrogen) atoms. The second kappa shape index (κ2) is 3.68. The lowest BCUT2D eigenvalue weighted by atomic mass is 10.2. The van der Waals surface area contributed by atoms with Crippen molar-refractivity contribution < 1.29 is 0 Å². The molecule has 3 nitrogen and oxygen atoms in total. The third-order valence-electron chi connectivity index (χ3n) is 3.93. The molecular formula is C15H15N3S. The number of thiazole rings is 1. The summed E-state index contributed by atoms with van der Waals surface area (Å²) in [4.78, 5) is 4.76. The molecule has 96 valence electrons. The maximum atomic E-state index is 6.22. The quantitative estimate of drug-likeness (QED) is 0.776. The van der Waals surface area contributed by atoms with E-state index in [9.17, 15) is 0 Å². The Balaban J connectivity index is 1.88. The van der Waals surface area contributed by atoms with Crippen LogP contribution in [0.4, 0.5) is 0 Å². The predicted octanol–water partition coefficient (Wildman–Crippen LogP) is 3.25. The van der Waals surface area contributed by atoms with Crippen molar-refractivity contribution in [3.8, 4) is 10.6 Å². The molecule has 1 aromatic carbocycles. The number of aryl methyl sites for hydroxylation is 1. The van der Waals surface area contributed by atoms with Gasteiger partial charge in [0, 0.05) is 35.1 Å². The number of hydrogen-bond donors (Lipinski definition) is 1. The molecule has 1 saturated carbocycles. The molecule has 0 aliphatic heterocycles. The van der Waals surface area contributed by atoms with Gasteiger partial charge in [-0.3, -0.25) is 0 Å². The largest absolute Gasteiger partial charge is 0.350 e. The lowest BCUT2D eigenvalue weighted by molar-refractivity contribution is 0.715. The highest BCUT2D eigenvalue weighted by atomic mass is 32.1. The summed E-state index contributed by atoms with van der Waals surface area (Å²) in [5.41, 5.74) is 9.58. The summed E-state index contributed by atoms with van der Waals surface area (Å²) >= 11 is 1.69. The van der Waals surface area contributed by atoms with Crippen molar-refractivity contribution in [2.45, 2.75) is 18.4 Å². The molecule has 1 aliphatic rings. The highest BCUT2D eigenvalue weighted by Crippen LogP contribution is 2.44. The van der Waals surface area contributed by atoms with Crippen molar-refractivity contribution in [1.29, 1.82) is 0 Å². The van der Waals surface area contributed by atoms with Gasteiger partial charge in [-0.1, -0.05) is 18.2 Å². The van der Waals surface area contributed by atoms with Crippen LogP contribution in [0, 0.1) is 0 Å². The summed E-state index contributed by atoms with van der Waals surface area (Å²) in [6.45, 7) is 0. The second-order valence-electron chi connectivity index (χ2n) is 5.36. The Morgan fingerprint density at radius 1 is 1.32 bits per heavy atom. The molecule has 0 saturated heterocycles. The van der Waals surface area contributed by atoms with E-state index in [0.717, 1.165) is 23.5 Å². The van der Waals surface area contributed by atoms with Crippen LogP contribution in [-0.2, 0) is 12.6 Å². The summed E-state index contributed by atoms with van der Waals surface area (Å²) in [6.07, 6.45) is 4.28. The predicted molar refractivity (Wildman–Crippen MR) is 79.1 cm³/mol. The number of rotatable bonds is 2. The van der Waals surface area contributed by atoms with E-state index in [1.807, 2.05) is 0 Å². The van der Waals surface area contributed by atoms with E-state index in [1.165, 1.54) is 16.5 Å². The van der Waals surface area contributed by atoms with Gasteiger partial charge >= 0.3 is 0 Å². The Morgan fingerprint density at radius 3 is 2.89 bits per heavy atom. The summed E-state index contributed by atoms with van der Waals surface area (Å²) < 4.78 is 2.15. The van der Waals surface area contributed by atoms with Crippen LogP contribution in [0.5, 0.6) is 0 Å². The molecule has 0 atom stereocenters. The lowest BCUT2D eigenvalue weighted by Crippen LogP contribution is -2.18. The number of benzene rings is 1. The Hall–Kier alpha value is -1.65. The fourth-order valence-corrected chi connectivity index (χ4v) is 3.48. The minimum Gasteiger partial charge on any atom is -0.350 e. The third kappa shape index (κ3) is 1.64. The molecule has 0 bridgehead atoms. The van der Waals surface area contributed by atoms with Crippen LogP contribution >= 0.6 is 11.3 Å². The Kier molecular flexibility index (Phi) is 2.17. The minimum absolute atomic E-state index is 0.140. The molecule has 0 amide bonds. The Labute approximate surface area is 115 Å². The van der Waals surface area contributed by atoms with Crippen molar-refractivity contribution in [3.63, 3.8) is 0 Å². The minimum atomic E-state index is -0.140. The average molecular weight is 269 g/mol. The summed E-state index contributed by atoms with van der Waals surface area (Å²) in [6, 6.07) is 8.43. The monoisotopic (exact) mass is 269 g/mol. The van der Waals surface area contributed by atoms with Crippen molar-refractivity contribution in [1.82, 2.24) is 9.55 Å². The first kappa shape index (κ1) is 11.2. The van der Waals surface area contributed by atoms with Crippen LogP contribution < -0.4 is 5.73 Å². The third-order valence-corrected chi connectivity index (χ3v) is 4.81. The molecule has 0 radical (unpaired) electrons. The highest BCUT2D eigenvalue weighted by molar-refractivity contribution is 7.13. The normalized spacial score (nSPS) is 16.9.